The fourth-order valence-corrected chi connectivity index (χ4v) is 3.99. The summed E-state index contributed by atoms with van der Waals surface area (Å²) in [7, 11) is -0.919. The summed E-state index contributed by atoms with van der Waals surface area (Å²) in [6.07, 6.45) is -4.61. The molecule has 1 amide bonds. The quantitative estimate of drug-likeness (QED) is 0.607. The third kappa shape index (κ3) is 4.38. The zero-order chi connectivity index (χ0) is 21.3. The summed E-state index contributed by atoms with van der Waals surface area (Å²) in [5, 5.41) is 12.3. The van der Waals surface area contributed by atoms with E-state index < -0.39 is 30.3 Å². The van der Waals surface area contributed by atoms with E-state index in [2.05, 4.69) is 5.32 Å². The molecule has 152 valence electrons. The van der Waals surface area contributed by atoms with Crippen molar-refractivity contribution < 1.29 is 27.6 Å². The topological polar surface area (TPSA) is 58.6 Å². The second kappa shape index (κ2) is 8.18. The summed E-state index contributed by atoms with van der Waals surface area (Å²) in [6.45, 7) is 0.382. The number of hydrogen-bond acceptors (Lipinski definition) is 4. The smallest absolute Gasteiger partial charge is 0.423 e. The van der Waals surface area contributed by atoms with Gasteiger partial charge in [-0.05, 0) is 59.6 Å². The SMILES string of the molecule is O=C(Nc1ccc(Sc2ccc3c(c2)B(O)OC3)cc1)c1ccccc1C(F)(F)F. The first kappa shape index (κ1) is 20.5. The van der Waals surface area contributed by atoms with E-state index in [0.717, 1.165) is 32.9 Å². The second-order valence-corrected chi connectivity index (χ2v) is 7.79. The monoisotopic (exact) mass is 429 g/mol. The standard InChI is InChI=1S/C21H15BF3NO3S/c23-21(24,25)18-4-2-1-3-17(18)20(27)26-14-6-9-15(10-7-14)30-16-8-5-13-12-29-22(28)19(13)11-16/h1-11,28H,12H2,(H,26,27). The lowest BCUT2D eigenvalue weighted by Crippen LogP contribution is -2.27. The van der Waals surface area contributed by atoms with Gasteiger partial charge in [0.2, 0.25) is 0 Å². The molecule has 0 saturated heterocycles. The lowest BCUT2D eigenvalue weighted by molar-refractivity contribution is -0.137. The van der Waals surface area contributed by atoms with Gasteiger partial charge in [0.1, 0.15) is 0 Å². The molecule has 3 aromatic rings. The number of carbonyl (C=O) groups is 1. The Balaban J connectivity index is 1.46. The summed E-state index contributed by atoms with van der Waals surface area (Å²) in [5.74, 6) is -0.823. The highest BCUT2D eigenvalue weighted by atomic mass is 32.2. The molecule has 9 heteroatoms. The van der Waals surface area contributed by atoms with Gasteiger partial charge in [-0.2, -0.15) is 13.2 Å². The molecule has 0 radical (unpaired) electrons. The van der Waals surface area contributed by atoms with Crippen molar-refractivity contribution in [1.29, 1.82) is 0 Å². The molecule has 4 nitrogen and oxygen atoms in total. The van der Waals surface area contributed by atoms with Gasteiger partial charge in [0.05, 0.1) is 17.7 Å². The van der Waals surface area contributed by atoms with Gasteiger partial charge in [0, 0.05) is 15.5 Å². The molecule has 0 saturated carbocycles. The highest BCUT2D eigenvalue weighted by molar-refractivity contribution is 7.99. The largest absolute Gasteiger partial charge is 0.491 e. The fourth-order valence-electron chi connectivity index (χ4n) is 3.13. The third-order valence-corrected chi connectivity index (χ3v) is 5.60. The highest BCUT2D eigenvalue weighted by Crippen LogP contribution is 2.33. The number of nitrogens with one attached hydrogen (secondary N) is 1. The van der Waals surface area contributed by atoms with Crippen LogP contribution in [-0.2, 0) is 17.4 Å². The number of benzene rings is 3. The summed E-state index contributed by atoms with van der Waals surface area (Å²) in [4.78, 5) is 14.1. The van der Waals surface area contributed by atoms with E-state index in [9.17, 15) is 23.0 Å². The van der Waals surface area contributed by atoms with E-state index in [4.69, 9.17) is 4.65 Å². The van der Waals surface area contributed by atoms with Crippen molar-refractivity contribution in [1.82, 2.24) is 0 Å². The number of rotatable bonds is 4. The van der Waals surface area contributed by atoms with Crippen LogP contribution in [0.3, 0.4) is 0 Å². The molecular weight excluding hydrogens is 414 g/mol. The van der Waals surface area contributed by atoms with Crippen LogP contribution < -0.4 is 10.8 Å². The molecular formula is C21H15BF3NO3S. The fraction of sp³-hybridized carbons (Fsp3) is 0.0952. The molecule has 3 aromatic carbocycles. The molecule has 1 heterocycles. The molecule has 0 atom stereocenters. The van der Waals surface area contributed by atoms with Crippen molar-refractivity contribution in [2.24, 2.45) is 0 Å². The highest BCUT2D eigenvalue weighted by Gasteiger charge is 2.34. The zero-order valence-corrected chi connectivity index (χ0v) is 16.3. The Morgan fingerprint density at radius 1 is 1.03 bits per heavy atom. The Kier molecular flexibility index (Phi) is 5.59. The predicted molar refractivity (Wildman–Crippen MR) is 109 cm³/mol. The van der Waals surface area contributed by atoms with E-state index in [-0.39, 0.29) is 0 Å². The Hall–Kier alpha value is -2.75. The molecule has 0 aliphatic carbocycles. The maximum Gasteiger partial charge on any atom is 0.491 e. The third-order valence-electron chi connectivity index (χ3n) is 4.61. The molecule has 1 aliphatic heterocycles. The molecule has 30 heavy (non-hydrogen) atoms. The molecule has 4 rings (SSSR count). The Labute approximate surface area is 175 Å². The van der Waals surface area contributed by atoms with E-state index in [0.29, 0.717) is 12.3 Å². The van der Waals surface area contributed by atoms with Crippen LogP contribution in [0.15, 0.2) is 76.5 Å². The van der Waals surface area contributed by atoms with Gasteiger partial charge in [-0.1, -0.05) is 30.0 Å². The Morgan fingerprint density at radius 3 is 2.47 bits per heavy atom. The first-order valence-corrected chi connectivity index (χ1v) is 9.81. The first-order valence-electron chi connectivity index (χ1n) is 8.99. The first-order chi connectivity index (χ1) is 14.3. The lowest BCUT2D eigenvalue weighted by Gasteiger charge is -2.13. The number of halogens is 3. The minimum absolute atomic E-state index is 0.382. The van der Waals surface area contributed by atoms with Gasteiger partial charge < -0.3 is 15.0 Å². The minimum Gasteiger partial charge on any atom is -0.423 e. The zero-order valence-electron chi connectivity index (χ0n) is 15.4. The van der Waals surface area contributed by atoms with Crippen LogP contribution in [0.2, 0.25) is 0 Å². The summed E-state index contributed by atoms with van der Waals surface area (Å²) >= 11 is 1.46. The normalized spacial score (nSPS) is 13.3. The van der Waals surface area contributed by atoms with Crippen LogP contribution in [0.1, 0.15) is 21.5 Å². The molecule has 0 fully saturated rings. The number of carbonyl (C=O) groups excluding carboxylic acids is 1. The average molecular weight is 429 g/mol. The van der Waals surface area contributed by atoms with Crippen molar-refractivity contribution >= 4 is 35.9 Å². The molecule has 2 N–H and O–H groups in total. The van der Waals surface area contributed by atoms with Crippen molar-refractivity contribution in [3.05, 3.63) is 83.4 Å². The average Bonchev–Trinajstić information content (AvgIpc) is 3.09. The Morgan fingerprint density at radius 2 is 1.73 bits per heavy atom. The van der Waals surface area contributed by atoms with Gasteiger partial charge >= 0.3 is 13.3 Å². The number of fused-ring (bicyclic) bond motifs is 1. The van der Waals surface area contributed by atoms with Crippen LogP contribution in [0.4, 0.5) is 18.9 Å². The number of amides is 1. The van der Waals surface area contributed by atoms with Crippen molar-refractivity contribution in [2.45, 2.75) is 22.6 Å². The molecule has 0 aromatic heterocycles. The summed E-state index contributed by atoms with van der Waals surface area (Å²) in [6, 6.07) is 17.1. The maximum atomic E-state index is 13.1. The minimum atomic E-state index is -4.61. The van der Waals surface area contributed by atoms with Crippen LogP contribution in [-0.4, -0.2) is 18.0 Å². The van der Waals surface area contributed by atoms with Crippen molar-refractivity contribution in [3.8, 4) is 0 Å². The van der Waals surface area contributed by atoms with Gasteiger partial charge in [-0.15, -0.1) is 0 Å². The Bertz CT molecular complexity index is 1090. The molecule has 0 bridgehead atoms. The summed E-state index contributed by atoms with van der Waals surface area (Å²) in [5.41, 5.74) is 0.676. The van der Waals surface area contributed by atoms with Gasteiger partial charge in [-0.25, -0.2) is 0 Å². The molecule has 0 spiro atoms. The van der Waals surface area contributed by atoms with Gasteiger partial charge in [0.15, 0.2) is 0 Å². The number of anilines is 1. The van der Waals surface area contributed by atoms with E-state index >= 15 is 0 Å². The molecule has 0 unspecified atom stereocenters. The van der Waals surface area contributed by atoms with Crippen molar-refractivity contribution in [3.63, 3.8) is 0 Å². The van der Waals surface area contributed by atoms with Gasteiger partial charge in [0.25, 0.3) is 5.91 Å². The predicted octanol–water partition coefficient (Wildman–Crippen LogP) is 4.33. The maximum absolute atomic E-state index is 13.1. The van der Waals surface area contributed by atoms with Crippen LogP contribution in [0.25, 0.3) is 0 Å². The van der Waals surface area contributed by atoms with E-state index in [1.165, 1.54) is 23.9 Å². The number of hydrogen-bond donors (Lipinski definition) is 2. The van der Waals surface area contributed by atoms with E-state index in [1.807, 2.05) is 18.2 Å². The van der Waals surface area contributed by atoms with Crippen LogP contribution >= 0.6 is 11.8 Å². The van der Waals surface area contributed by atoms with Crippen LogP contribution in [0.5, 0.6) is 0 Å². The number of alkyl halides is 3. The van der Waals surface area contributed by atoms with Crippen LogP contribution in [0, 0.1) is 0 Å². The summed E-state index contributed by atoms with van der Waals surface area (Å²) < 4.78 is 44.5. The second-order valence-electron chi connectivity index (χ2n) is 6.65. The van der Waals surface area contributed by atoms with E-state index in [1.54, 1.807) is 24.3 Å². The molecule has 1 aliphatic rings. The van der Waals surface area contributed by atoms with Crippen molar-refractivity contribution in [2.75, 3.05) is 5.32 Å². The van der Waals surface area contributed by atoms with Gasteiger partial charge in [-0.3, -0.25) is 4.79 Å². The lowest BCUT2D eigenvalue weighted by atomic mass is 9.80.